The second-order valence-corrected chi connectivity index (χ2v) is 5.19. The molecule has 1 heterocycles. The molecule has 0 saturated carbocycles. The van der Waals surface area contributed by atoms with E-state index < -0.39 is 0 Å². The molecule has 2 nitrogen and oxygen atoms in total. The van der Waals surface area contributed by atoms with E-state index in [0.29, 0.717) is 6.04 Å². The number of aryl methyl sites for hydroxylation is 2. The Morgan fingerprint density at radius 1 is 1.06 bits per heavy atom. The normalized spacial score (nSPS) is 12.7. The molecule has 1 aromatic rings. The molecule has 0 aliphatic carbocycles. The molecular weight excluding hydrogens is 220 g/mol. The molecule has 1 rings (SSSR count). The van der Waals surface area contributed by atoms with Crippen molar-refractivity contribution < 1.29 is 0 Å². The van der Waals surface area contributed by atoms with Gasteiger partial charge in [-0.05, 0) is 50.9 Å². The van der Waals surface area contributed by atoms with E-state index in [0.717, 1.165) is 17.9 Å². The van der Waals surface area contributed by atoms with Gasteiger partial charge in [-0.1, -0.05) is 33.1 Å². The minimum Gasteiger partial charge on any atom is -0.310 e. The van der Waals surface area contributed by atoms with E-state index in [1.165, 1.54) is 37.7 Å². The van der Waals surface area contributed by atoms with Crippen LogP contribution in [-0.2, 0) is 0 Å². The third kappa shape index (κ3) is 5.18. The Hall–Kier alpha value is -0.890. The van der Waals surface area contributed by atoms with Gasteiger partial charge < -0.3 is 5.32 Å². The van der Waals surface area contributed by atoms with Crippen molar-refractivity contribution in [3.05, 3.63) is 29.1 Å². The maximum Gasteiger partial charge on any atom is 0.0379 e. The predicted molar refractivity (Wildman–Crippen MR) is 78.9 cm³/mol. The van der Waals surface area contributed by atoms with E-state index in [9.17, 15) is 0 Å². The Bertz CT molecular complexity index is 327. The quantitative estimate of drug-likeness (QED) is 0.693. The van der Waals surface area contributed by atoms with Crippen LogP contribution in [0.5, 0.6) is 0 Å². The fraction of sp³-hybridized carbons (Fsp3) is 0.688. The highest BCUT2D eigenvalue weighted by Gasteiger charge is 2.11. The van der Waals surface area contributed by atoms with Crippen molar-refractivity contribution in [3.63, 3.8) is 0 Å². The molecule has 0 aromatic carbocycles. The molecule has 0 radical (unpaired) electrons. The molecule has 0 amide bonds. The first-order valence-electron chi connectivity index (χ1n) is 7.36. The predicted octanol–water partition coefficient (Wildman–Crippen LogP) is 4.32. The fourth-order valence-electron chi connectivity index (χ4n) is 2.37. The number of hydrogen-bond acceptors (Lipinski definition) is 2. The monoisotopic (exact) mass is 248 g/mol. The van der Waals surface area contributed by atoms with Crippen molar-refractivity contribution >= 4 is 0 Å². The van der Waals surface area contributed by atoms with E-state index in [2.05, 4.69) is 50.1 Å². The summed E-state index contributed by atoms with van der Waals surface area (Å²) in [5.41, 5.74) is 3.66. The summed E-state index contributed by atoms with van der Waals surface area (Å²) in [6.45, 7) is 9.74. The van der Waals surface area contributed by atoms with Crippen LogP contribution in [0.1, 0.15) is 68.9 Å². The number of aromatic nitrogens is 1. The Labute approximate surface area is 112 Å². The lowest BCUT2D eigenvalue weighted by atomic mass is 9.99. The Morgan fingerprint density at radius 2 is 1.72 bits per heavy atom. The van der Waals surface area contributed by atoms with Gasteiger partial charge in [0.1, 0.15) is 0 Å². The smallest absolute Gasteiger partial charge is 0.0379 e. The van der Waals surface area contributed by atoms with Crippen molar-refractivity contribution in [1.82, 2.24) is 10.3 Å². The highest BCUT2D eigenvalue weighted by Crippen LogP contribution is 2.21. The van der Waals surface area contributed by atoms with Gasteiger partial charge in [-0.3, -0.25) is 4.98 Å². The first-order chi connectivity index (χ1) is 8.67. The molecule has 102 valence electrons. The van der Waals surface area contributed by atoms with Gasteiger partial charge in [0, 0.05) is 17.4 Å². The summed E-state index contributed by atoms with van der Waals surface area (Å²) in [5.74, 6) is 0. The average molecular weight is 248 g/mol. The summed E-state index contributed by atoms with van der Waals surface area (Å²) in [6.07, 6.45) is 6.34. The van der Waals surface area contributed by atoms with Gasteiger partial charge >= 0.3 is 0 Å². The van der Waals surface area contributed by atoms with Gasteiger partial charge in [0.15, 0.2) is 0 Å². The molecule has 2 heteroatoms. The maximum atomic E-state index is 4.47. The first kappa shape index (κ1) is 15.2. The highest BCUT2D eigenvalue weighted by molar-refractivity contribution is 5.23. The Balaban J connectivity index is 2.72. The molecule has 18 heavy (non-hydrogen) atoms. The molecule has 0 aliphatic heterocycles. The van der Waals surface area contributed by atoms with Gasteiger partial charge in [-0.2, -0.15) is 0 Å². The molecule has 1 atom stereocenters. The largest absolute Gasteiger partial charge is 0.310 e. The number of hydrogen-bond donors (Lipinski definition) is 1. The number of rotatable bonds is 8. The van der Waals surface area contributed by atoms with E-state index in [1.54, 1.807) is 0 Å². The molecule has 0 fully saturated rings. The van der Waals surface area contributed by atoms with Gasteiger partial charge in [0.2, 0.25) is 0 Å². The maximum absolute atomic E-state index is 4.47. The molecule has 1 aromatic heterocycles. The van der Waals surface area contributed by atoms with Gasteiger partial charge in [-0.25, -0.2) is 0 Å². The van der Waals surface area contributed by atoms with Crippen LogP contribution in [-0.4, -0.2) is 11.5 Å². The summed E-state index contributed by atoms with van der Waals surface area (Å²) < 4.78 is 0. The van der Waals surface area contributed by atoms with Gasteiger partial charge in [0.05, 0.1) is 0 Å². The van der Waals surface area contributed by atoms with E-state index >= 15 is 0 Å². The van der Waals surface area contributed by atoms with Crippen LogP contribution in [0.2, 0.25) is 0 Å². The van der Waals surface area contributed by atoms with E-state index in [4.69, 9.17) is 0 Å². The van der Waals surface area contributed by atoms with E-state index in [-0.39, 0.29) is 0 Å². The van der Waals surface area contributed by atoms with E-state index in [1.807, 2.05) is 0 Å². The summed E-state index contributed by atoms with van der Waals surface area (Å²) in [4.78, 5) is 4.47. The van der Waals surface area contributed by atoms with Gasteiger partial charge in [0.25, 0.3) is 0 Å². The summed E-state index contributed by atoms with van der Waals surface area (Å²) in [6, 6.07) is 4.95. The second kappa shape index (κ2) is 8.25. The fourth-order valence-corrected chi connectivity index (χ4v) is 2.37. The van der Waals surface area contributed by atoms with Crippen LogP contribution in [0.25, 0.3) is 0 Å². The zero-order chi connectivity index (χ0) is 13.4. The van der Waals surface area contributed by atoms with Gasteiger partial charge in [-0.15, -0.1) is 0 Å². The molecule has 1 N–H and O–H groups in total. The second-order valence-electron chi connectivity index (χ2n) is 5.19. The number of nitrogens with one attached hydrogen (secondary N) is 1. The molecule has 1 unspecified atom stereocenters. The Morgan fingerprint density at radius 3 is 2.28 bits per heavy atom. The standard InChI is InChI=1S/C16H28N2/c1-5-7-8-9-16(17-10-6-2)15-11-13(3)18-14(4)12-15/h11-12,16-17H,5-10H2,1-4H3. The van der Waals surface area contributed by atoms with Crippen LogP contribution in [0.4, 0.5) is 0 Å². The molecule has 0 bridgehead atoms. The van der Waals surface area contributed by atoms with Crippen LogP contribution in [0, 0.1) is 13.8 Å². The lowest BCUT2D eigenvalue weighted by Crippen LogP contribution is -2.22. The summed E-state index contributed by atoms with van der Waals surface area (Å²) >= 11 is 0. The average Bonchev–Trinajstić information content (AvgIpc) is 2.32. The van der Waals surface area contributed by atoms with Crippen LogP contribution < -0.4 is 5.32 Å². The topological polar surface area (TPSA) is 24.9 Å². The van der Waals surface area contributed by atoms with Crippen LogP contribution in [0.15, 0.2) is 12.1 Å². The lowest BCUT2D eigenvalue weighted by molar-refractivity contribution is 0.473. The van der Waals surface area contributed by atoms with Crippen molar-refractivity contribution in [2.75, 3.05) is 6.54 Å². The minimum absolute atomic E-state index is 0.497. The van der Waals surface area contributed by atoms with Crippen molar-refractivity contribution in [2.45, 2.75) is 65.8 Å². The van der Waals surface area contributed by atoms with Crippen molar-refractivity contribution in [2.24, 2.45) is 0 Å². The summed E-state index contributed by atoms with van der Waals surface area (Å²) in [7, 11) is 0. The number of pyridine rings is 1. The number of unbranched alkanes of at least 4 members (excludes halogenated alkanes) is 2. The minimum atomic E-state index is 0.497. The van der Waals surface area contributed by atoms with Crippen LogP contribution >= 0.6 is 0 Å². The SMILES string of the molecule is CCCCCC(NCCC)c1cc(C)nc(C)c1. The zero-order valence-corrected chi connectivity index (χ0v) is 12.4. The number of nitrogens with zero attached hydrogens (tertiary/aromatic N) is 1. The lowest BCUT2D eigenvalue weighted by Gasteiger charge is -2.19. The Kier molecular flexibility index (Phi) is 6.96. The highest BCUT2D eigenvalue weighted by atomic mass is 14.9. The summed E-state index contributed by atoms with van der Waals surface area (Å²) in [5, 5.41) is 3.67. The molecule has 0 saturated heterocycles. The molecule has 0 spiro atoms. The third-order valence-corrected chi connectivity index (χ3v) is 3.24. The van der Waals surface area contributed by atoms with Crippen molar-refractivity contribution in [3.8, 4) is 0 Å². The van der Waals surface area contributed by atoms with Crippen LogP contribution in [0.3, 0.4) is 0 Å². The van der Waals surface area contributed by atoms with Crippen molar-refractivity contribution in [1.29, 1.82) is 0 Å². The molecule has 0 aliphatic rings. The first-order valence-corrected chi connectivity index (χ1v) is 7.36. The third-order valence-electron chi connectivity index (χ3n) is 3.24. The molecular formula is C16H28N2. The zero-order valence-electron chi connectivity index (χ0n) is 12.4.